The number of guanidine groups is 1. The topological polar surface area (TPSA) is 54.9 Å². The smallest absolute Gasteiger partial charge is 0.191 e. The van der Waals surface area contributed by atoms with E-state index in [0.717, 1.165) is 44.2 Å². The lowest BCUT2D eigenvalue weighted by atomic mass is 10.1. The van der Waals surface area contributed by atoms with Gasteiger partial charge in [-0.1, -0.05) is 12.1 Å². The van der Waals surface area contributed by atoms with Crippen molar-refractivity contribution in [2.45, 2.75) is 25.5 Å². The van der Waals surface area contributed by atoms with Crippen LogP contribution >= 0.6 is 35.3 Å². The van der Waals surface area contributed by atoms with Gasteiger partial charge in [0.2, 0.25) is 0 Å². The molecule has 1 aliphatic rings. The number of thiophene rings is 1. The van der Waals surface area contributed by atoms with Gasteiger partial charge in [-0.25, -0.2) is 0 Å². The van der Waals surface area contributed by atoms with Crippen molar-refractivity contribution in [2.75, 3.05) is 27.3 Å². The predicted molar refractivity (Wildman–Crippen MR) is 119 cm³/mol. The Balaban J connectivity index is 0.00000243. The first kappa shape index (κ1) is 21.0. The van der Waals surface area contributed by atoms with Crippen molar-refractivity contribution in [2.24, 2.45) is 4.99 Å². The number of rotatable bonds is 6. The van der Waals surface area contributed by atoms with Crippen molar-refractivity contribution < 1.29 is 9.47 Å². The van der Waals surface area contributed by atoms with Gasteiger partial charge in [-0.3, -0.25) is 4.99 Å². The van der Waals surface area contributed by atoms with Crippen molar-refractivity contribution >= 4 is 41.3 Å². The predicted octanol–water partition coefficient (Wildman–Crippen LogP) is 3.89. The molecule has 7 heteroatoms. The van der Waals surface area contributed by atoms with Crippen LogP contribution in [0.25, 0.3) is 11.1 Å². The molecule has 0 radical (unpaired) electrons. The zero-order valence-corrected chi connectivity index (χ0v) is 18.3. The van der Waals surface area contributed by atoms with E-state index in [1.807, 2.05) is 12.1 Å². The van der Waals surface area contributed by atoms with E-state index in [1.54, 1.807) is 25.5 Å². The Morgan fingerprint density at radius 1 is 1.27 bits per heavy atom. The van der Waals surface area contributed by atoms with Crippen LogP contribution in [0.15, 0.2) is 40.7 Å². The molecule has 0 saturated carbocycles. The third-order valence-electron chi connectivity index (χ3n) is 4.25. The van der Waals surface area contributed by atoms with Crippen molar-refractivity contribution in [3.05, 3.63) is 40.6 Å². The summed E-state index contributed by atoms with van der Waals surface area (Å²) in [7, 11) is 3.48. The molecule has 1 saturated heterocycles. The monoisotopic (exact) mass is 487 g/mol. The molecule has 3 rings (SSSR count). The van der Waals surface area contributed by atoms with Crippen LogP contribution in [-0.4, -0.2) is 39.4 Å². The van der Waals surface area contributed by atoms with Gasteiger partial charge in [-0.2, -0.15) is 0 Å². The number of hydrogen-bond donors (Lipinski definition) is 2. The Kier molecular flexibility index (Phi) is 8.67. The molecule has 142 valence electrons. The van der Waals surface area contributed by atoms with E-state index in [1.165, 1.54) is 16.0 Å². The number of halogens is 1. The fourth-order valence-electron chi connectivity index (χ4n) is 2.82. The van der Waals surface area contributed by atoms with Gasteiger partial charge < -0.3 is 20.1 Å². The first-order valence-corrected chi connectivity index (χ1v) is 9.44. The van der Waals surface area contributed by atoms with Gasteiger partial charge in [0, 0.05) is 25.1 Å². The van der Waals surface area contributed by atoms with E-state index in [2.05, 4.69) is 39.2 Å². The van der Waals surface area contributed by atoms with Gasteiger partial charge in [-0.15, -0.1) is 35.3 Å². The molecule has 1 aromatic heterocycles. The summed E-state index contributed by atoms with van der Waals surface area (Å²) in [6.07, 6.45) is 2.59. The maximum absolute atomic E-state index is 5.63. The maximum atomic E-state index is 5.63. The average molecular weight is 487 g/mol. The van der Waals surface area contributed by atoms with Crippen LogP contribution in [0.5, 0.6) is 5.75 Å². The molecule has 5 nitrogen and oxygen atoms in total. The average Bonchev–Trinajstić information content (AvgIpc) is 3.34. The van der Waals surface area contributed by atoms with Gasteiger partial charge in [-0.05, 0) is 47.5 Å². The van der Waals surface area contributed by atoms with Crippen LogP contribution in [0.2, 0.25) is 0 Å². The lowest BCUT2D eigenvalue weighted by Crippen LogP contribution is -2.40. The van der Waals surface area contributed by atoms with Crippen LogP contribution in [0.3, 0.4) is 0 Å². The minimum Gasteiger partial charge on any atom is -0.497 e. The molecule has 1 aliphatic heterocycles. The standard InChI is InChI=1S/C19H25N3O2S.HI/c1-20-19(21-11-17-4-3-9-24-17)22-12-18-10-15(13-25-18)14-5-7-16(23-2)8-6-14;/h5-8,10,13,17H,3-4,9,11-12H2,1-2H3,(H2,20,21,22);1H. The quantitative estimate of drug-likeness (QED) is 0.369. The second-order valence-electron chi connectivity index (χ2n) is 5.97. The van der Waals surface area contributed by atoms with Gasteiger partial charge in [0.1, 0.15) is 5.75 Å². The fraction of sp³-hybridized carbons (Fsp3) is 0.421. The molecular weight excluding hydrogens is 461 g/mol. The van der Waals surface area contributed by atoms with Gasteiger partial charge >= 0.3 is 0 Å². The first-order chi connectivity index (χ1) is 12.3. The molecule has 2 aromatic rings. The van der Waals surface area contributed by atoms with Gasteiger partial charge in [0.25, 0.3) is 0 Å². The Labute approximate surface area is 176 Å². The van der Waals surface area contributed by atoms with Crippen molar-refractivity contribution in [1.82, 2.24) is 10.6 Å². The number of benzene rings is 1. The highest BCUT2D eigenvalue weighted by molar-refractivity contribution is 14.0. The molecule has 1 fully saturated rings. The minimum absolute atomic E-state index is 0. The molecule has 26 heavy (non-hydrogen) atoms. The number of nitrogens with one attached hydrogen (secondary N) is 2. The van der Waals surface area contributed by atoms with Crippen molar-refractivity contribution in [3.63, 3.8) is 0 Å². The fourth-order valence-corrected chi connectivity index (χ4v) is 3.65. The molecular formula is C19H26IN3O2S. The van der Waals surface area contributed by atoms with E-state index in [9.17, 15) is 0 Å². The third kappa shape index (κ3) is 5.85. The summed E-state index contributed by atoms with van der Waals surface area (Å²) in [6.45, 7) is 2.44. The van der Waals surface area contributed by atoms with E-state index in [-0.39, 0.29) is 24.0 Å². The summed E-state index contributed by atoms with van der Waals surface area (Å²) in [5.41, 5.74) is 2.43. The molecule has 0 bridgehead atoms. The molecule has 1 unspecified atom stereocenters. The molecule has 0 aliphatic carbocycles. The summed E-state index contributed by atoms with van der Waals surface area (Å²) in [6, 6.07) is 10.4. The number of hydrogen-bond acceptors (Lipinski definition) is 4. The number of nitrogens with zero attached hydrogens (tertiary/aromatic N) is 1. The van der Waals surface area contributed by atoms with Crippen LogP contribution in [0, 0.1) is 0 Å². The molecule has 1 aromatic carbocycles. The Morgan fingerprint density at radius 3 is 2.73 bits per heavy atom. The SMILES string of the molecule is CN=C(NCc1cc(-c2ccc(OC)cc2)cs1)NCC1CCCO1.I. The summed E-state index contributed by atoms with van der Waals surface area (Å²) in [5, 5.41) is 8.89. The number of ether oxygens (including phenoxy) is 2. The zero-order chi connectivity index (χ0) is 17.5. The second-order valence-corrected chi connectivity index (χ2v) is 6.97. The highest BCUT2D eigenvalue weighted by atomic mass is 127. The normalized spacial score (nSPS) is 16.8. The highest BCUT2D eigenvalue weighted by Crippen LogP contribution is 2.27. The molecule has 0 spiro atoms. The highest BCUT2D eigenvalue weighted by Gasteiger charge is 2.15. The zero-order valence-electron chi connectivity index (χ0n) is 15.2. The largest absolute Gasteiger partial charge is 0.497 e. The van der Waals surface area contributed by atoms with Crippen LogP contribution in [0.1, 0.15) is 17.7 Å². The van der Waals surface area contributed by atoms with Crippen LogP contribution in [0.4, 0.5) is 0 Å². The van der Waals surface area contributed by atoms with Crippen molar-refractivity contribution in [1.29, 1.82) is 0 Å². The summed E-state index contributed by atoms with van der Waals surface area (Å²) >= 11 is 1.75. The van der Waals surface area contributed by atoms with E-state index in [0.29, 0.717) is 6.10 Å². The Bertz CT molecular complexity index is 697. The van der Waals surface area contributed by atoms with Gasteiger partial charge in [0.15, 0.2) is 5.96 Å². The van der Waals surface area contributed by atoms with Crippen LogP contribution < -0.4 is 15.4 Å². The van der Waals surface area contributed by atoms with E-state index >= 15 is 0 Å². The second kappa shape index (κ2) is 10.7. The summed E-state index contributed by atoms with van der Waals surface area (Å²) in [4.78, 5) is 5.55. The lowest BCUT2D eigenvalue weighted by molar-refractivity contribution is 0.114. The molecule has 1 atom stereocenters. The third-order valence-corrected chi connectivity index (χ3v) is 5.19. The maximum Gasteiger partial charge on any atom is 0.191 e. The number of methoxy groups -OCH3 is 1. The van der Waals surface area contributed by atoms with E-state index < -0.39 is 0 Å². The molecule has 2 N–H and O–H groups in total. The molecule has 0 amide bonds. The number of aliphatic imine (C=N–C) groups is 1. The Morgan fingerprint density at radius 2 is 2.08 bits per heavy atom. The minimum atomic E-state index is 0. The Hall–Kier alpha value is -1.32. The summed E-state index contributed by atoms with van der Waals surface area (Å²) < 4.78 is 10.8. The van der Waals surface area contributed by atoms with Crippen molar-refractivity contribution in [3.8, 4) is 16.9 Å². The van der Waals surface area contributed by atoms with Crippen LogP contribution in [-0.2, 0) is 11.3 Å². The molecule has 2 heterocycles. The van der Waals surface area contributed by atoms with Gasteiger partial charge in [0.05, 0.1) is 19.8 Å². The summed E-state index contributed by atoms with van der Waals surface area (Å²) in [5.74, 6) is 1.69. The first-order valence-electron chi connectivity index (χ1n) is 8.56. The lowest BCUT2D eigenvalue weighted by Gasteiger charge is -2.14. The van der Waals surface area contributed by atoms with E-state index in [4.69, 9.17) is 9.47 Å².